The van der Waals surface area contributed by atoms with Gasteiger partial charge in [-0.05, 0) is 12.5 Å². The summed E-state index contributed by atoms with van der Waals surface area (Å²) in [6, 6.07) is -1.38. The molecule has 0 bridgehead atoms. The van der Waals surface area contributed by atoms with Crippen molar-refractivity contribution >= 4 is 5.97 Å². The molecule has 88 valence electrons. The van der Waals surface area contributed by atoms with Crippen LogP contribution in [0.4, 0.5) is 0 Å². The molecule has 0 aromatic rings. The van der Waals surface area contributed by atoms with Crippen LogP contribution in [-0.4, -0.2) is 53.7 Å². The molecule has 0 spiro atoms. The van der Waals surface area contributed by atoms with Gasteiger partial charge in [0.25, 0.3) is 0 Å². The van der Waals surface area contributed by atoms with E-state index in [9.17, 15) is 15.0 Å². The van der Waals surface area contributed by atoms with Crippen molar-refractivity contribution < 1.29 is 24.5 Å². The number of carbonyl (C=O) groups is 1. The number of ether oxygens (including phenoxy) is 2. The van der Waals surface area contributed by atoms with Gasteiger partial charge in [-0.25, -0.2) is 0 Å². The van der Waals surface area contributed by atoms with E-state index in [-0.39, 0.29) is 0 Å². The summed E-state index contributed by atoms with van der Waals surface area (Å²) in [5, 5.41) is 22.0. The molecule has 2 radical (unpaired) electrons. The molecular formula is C8H11N3O5. The smallest absolute Gasteiger partial charge is 0.317 e. The van der Waals surface area contributed by atoms with Crippen molar-refractivity contribution in [3.8, 4) is 0 Å². The Morgan fingerprint density at radius 1 is 1.62 bits per heavy atom. The number of nitrogens with zero attached hydrogens (tertiary/aromatic N) is 3. The van der Waals surface area contributed by atoms with Gasteiger partial charge in [0.05, 0.1) is 13.2 Å². The van der Waals surface area contributed by atoms with Gasteiger partial charge >= 0.3 is 5.97 Å². The quantitative estimate of drug-likeness (QED) is 0.279. The average molecular weight is 229 g/mol. The molecule has 0 aromatic heterocycles. The van der Waals surface area contributed by atoms with Crippen molar-refractivity contribution in [3.05, 3.63) is 17.4 Å². The normalized spacial score (nSPS) is 35.2. The molecule has 0 amide bonds. The summed E-state index contributed by atoms with van der Waals surface area (Å²) in [5.74, 6) is -0.872. The first-order valence-electron chi connectivity index (χ1n) is 4.42. The molecule has 1 unspecified atom stereocenters. The lowest BCUT2D eigenvalue weighted by Crippen LogP contribution is -2.42. The number of carbonyl (C=O) groups excluding carboxylic acids is 1. The van der Waals surface area contributed by atoms with Crippen LogP contribution in [0.2, 0.25) is 0 Å². The molecule has 8 nitrogen and oxygen atoms in total. The van der Waals surface area contributed by atoms with Crippen LogP contribution in [0.15, 0.2) is 5.11 Å². The van der Waals surface area contributed by atoms with E-state index in [0.29, 0.717) is 0 Å². The molecule has 8 heteroatoms. The van der Waals surface area contributed by atoms with Gasteiger partial charge in [0.15, 0.2) is 6.04 Å². The first-order chi connectivity index (χ1) is 7.52. The molecule has 1 saturated heterocycles. The van der Waals surface area contributed by atoms with Crippen LogP contribution in [0.1, 0.15) is 0 Å². The molecule has 0 aromatic carbocycles. The largest absolute Gasteiger partial charge is 0.469 e. The summed E-state index contributed by atoms with van der Waals surface area (Å²) >= 11 is 0. The molecule has 2 N–H and O–H groups in total. The minimum atomic E-state index is -1.41. The number of aliphatic hydroxyl groups excluding tert-OH is 2. The first kappa shape index (κ1) is 12.7. The lowest BCUT2D eigenvalue weighted by molar-refractivity contribution is -0.147. The van der Waals surface area contributed by atoms with Crippen molar-refractivity contribution in [2.45, 2.75) is 30.5 Å². The number of esters is 1. The number of aliphatic hydroxyl groups is 2. The van der Waals surface area contributed by atoms with Crippen LogP contribution in [-0.2, 0) is 14.3 Å². The molecule has 1 aliphatic rings. The third-order valence-electron chi connectivity index (χ3n) is 2.27. The summed E-state index contributed by atoms with van der Waals surface area (Å²) in [6.07, 6.45) is -5.11. The maximum Gasteiger partial charge on any atom is 0.317 e. The summed E-state index contributed by atoms with van der Waals surface area (Å²) in [6.45, 7) is 5.32. The summed E-state index contributed by atoms with van der Waals surface area (Å²) in [5.41, 5.74) is 8.28. The Bertz CT molecular complexity index is 317. The van der Waals surface area contributed by atoms with Gasteiger partial charge in [-0.3, -0.25) is 4.79 Å². The zero-order valence-electron chi connectivity index (χ0n) is 8.42. The standard InChI is InChI=1S/C8H11N3O5/c1-3-5(12)6(13)7(16-3)4(10-11-9)8(14)15-2/h1,3-7,12-13H,2H3/t3-,4-,5?,6+,7-/m0/s1. The zero-order valence-corrected chi connectivity index (χ0v) is 8.42. The number of hydrogen-bond acceptors (Lipinski definition) is 6. The number of hydrogen-bond donors (Lipinski definition) is 2. The minimum Gasteiger partial charge on any atom is -0.469 e. The van der Waals surface area contributed by atoms with Gasteiger partial charge < -0.3 is 19.7 Å². The van der Waals surface area contributed by atoms with Crippen LogP contribution >= 0.6 is 0 Å². The van der Waals surface area contributed by atoms with Crippen molar-refractivity contribution in [1.82, 2.24) is 0 Å². The van der Waals surface area contributed by atoms with E-state index in [4.69, 9.17) is 17.2 Å². The molecule has 1 rings (SSSR count). The fraction of sp³-hybridized carbons (Fsp3) is 0.750. The highest BCUT2D eigenvalue weighted by molar-refractivity contribution is 5.76. The lowest BCUT2D eigenvalue weighted by Gasteiger charge is -2.19. The summed E-state index contributed by atoms with van der Waals surface area (Å²) in [4.78, 5) is 13.7. The summed E-state index contributed by atoms with van der Waals surface area (Å²) in [7, 11) is 1.10. The first-order valence-corrected chi connectivity index (χ1v) is 4.42. The molecule has 1 aliphatic heterocycles. The van der Waals surface area contributed by atoms with Gasteiger partial charge in [-0.2, -0.15) is 0 Å². The van der Waals surface area contributed by atoms with Crippen LogP contribution in [0.25, 0.3) is 10.4 Å². The van der Waals surface area contributed by atoms with Gasteiger partial charge in [-0.1, -0.05) is 5.11 Å². The summed E-state index contributed by atoms with van der Waals surface area (Å²) < 4.78 is 9.31. The fourth-order valence-corrected chi connectivity index (χ4v) is 1.42. The second kappa shape index (κ2) is 5.13. The van der Waals surface area contributed by atoms with E-state index >= 15 is 0 Å². The van der Waals surface area contributed by atoms with E-state index in [2.05, 4.69) is 14.8 Å². The highest BCUT2D eigenvalue weighted by Gasteiger charge is 2.46. The Balaban J connectivity index is 2.88. The van der Waals surface area contributed by atoms with Gasteiger partial charge in [-0.15, -0.1) is 0 Å². The second-order valence-corrected chi connectivity index (χ2v) is 3.22. The molecule has 16 heavy (non-hydrogen) atoms. The molecule has 0 aliphatic carbocycles. The van der Waals surface area contributed by atoms with Gasteiger partial charge in [0, 0.05) is 4.91 Å². The van der Waals surface area contributed by atoms with Crippen molar-refractivity contribution in [2.24, 2.45) is 5.11 Å². The molecule has 1 heterocycles. The van der Waals surface area contributed by atoms with Crippen LogP contribution in [0, 0.1) is 6.92 Å². The maximum atomic E-state index is 11.2. The van der Waals surface area contributed by atoms with E-state index in [0.717, 1.165) is 7.11 Å². The van der Waals surface area contributed by atoms with Crippen molar-refractivity contribution in [3.63, 3.8) is 0 Å². The number of azide groups is 1. The predicted molar refractivity (Wildman–Crippen MR) is 49.9 cm³/mol. The molecule has 5 atom stereocenters. The lowest BCUT2D eigenvalue weighted by atomic mass is 10.0. The second-order valence-electron chi connectivity index (χ2n) is 3.22. The van der Waals surface area contributed by atoms with E-state index in [1.807, 2.05) is 0 Å². The Kier molecular flexibility index (Phi) is 4.08. The predicted octanol–water partition coefficient (Wildman–Crippen LogP) is -0.961. The van der Waals surface area contributed by atoms with Crippen LogP contribution in [0.5, 0.6) is 0 Å². The number of methoxy groups -OCH3 is 1. The van der Waals surface area contributed by atoms with Crippen LogP contribution < -0.4 is 0 Å². The number of rotatable bonds is 3. The third-order valence-corrected chi connectivity index (χ3v) is 2.27. The van der Waals surface area contributed by atoms with E-state index in [1.165, 1.54) is 0 Å². The molecular weight excluding hydrogens is 218 g/mol. The monoisotopic (exact) mass is 229 g/mol. The fourth-order valence-electron chi connectivity index (χ4n) is 1.42. The Morgan fingerprint density at radius 3 is 2.62 bits per heavy atom. The highest BCUT2D eigenvalue weighted by atomic mass is 16.6. The third kappa shape index (κ3) is 2.25. The van der Waals surface area contributed by atoms with Crippen molar-refractivity contribution in [1.29, 1.82) is 0 Å². The minimum absolute atomic E-state index is 0.872. The Hall–Kier alpha value is -1.34. The molecule has 0 saturated carbocycles. The van der Waals surface area contributed by atoms with E-state index < -0.39 is 36.4 Å². The zero-order chi connectivity index (χ0) is 12.3. The SMILES string of the molecule is [CH][C@@H]1O[C@@H]([C@H](N=[N+]=[N-])C(=O)OC)[C@H](O)C1O. The maximum absolute atomic E-state index is 11.2. The van der Waals surface area contributed by atoms with Gasteiger partial charge in [0.2, 0.25) is 0 Å². The Morgan fingerprint density at radius 2 is 2.25 bits per heavy atom. The van der Waals surface area contributed by atoms with Crippen LogP contribution in [0.3, 0.4) is 0 Å². The molecule has 1 fully saturated rings. The Labute approximate surface area is 91.4 Å². The van der Waals surface area contributed by atoms with E-state index in [1.54, 1.807) is 0 Å². The topological polar surface area (TPSA) is 125 Å². The average Bonchev–Trinajstić information content (AvgIpc) is 2.53. The highest BCUT2D eigenvalue weighted by Crippen LogP contribution is 2.25. The van der Waals surface area contributed by atoms with Gasteiger partial charge in [0.1, 0.15) is 18.3 Å². The van der Waals surface area contributed by atoms with Crippen molar-refractivity contribution in [2.75, 3.05) is 7.11 Å².